The maximum atomic E-state index is 12.2. The molecule has 0 aliphatic carbocycles. The predicted octanol–water partition coefficient (Wildman–Crippen LogP) is 1.71. The first-order valence-corrected chi connectivity index (χ1v) is 9.32. The molecular weight excluding hydrogens is 378 g/mol. The number of benzene rings is 1. The van der Waals surface area contributed by atoms with Crippen LogP contribution in [0, 0.1) is 6.92 Å². The van der Waals surface area contributed by atoms with Crippen LogP contribution >= 0.6 is 0 Å². The van der Waals surface area contributed by atoms with E-state index in [-0.39, 0.29) is 30.7 Å². The molecule has 2 aliphatic rings. The van der Waals surface area contributed by atoms with Gasteiger partial charge in [-0.1, -0.05) is 0 Å². The smallest absolute Gasteiger partial charge is 0.414 e. The molecule has 0 bridgehead atoms. The summed E-state index contributed by atoms with van der Waals surface area (Å²) in [6.07, 6.45) is -0.948. The molecule has 1 N–H and O–H groups in total. The molecule has 2 aromatic rings. The second kappa shape index (κ2) is 7.96. The molecule has 2 aliphatic heterocycles. The summed E-state index contributed by atoms with van der Waals surface area (Å²) in [5.41, 5.74) is 1.42. The van der Waals surface area contributed by atoms with Gasteiger partial charge in [0.2, 0.25) is 0 Å². The zero-order valence-corrected chi connectivity index (χ0v) is 15.9. The summed E-state index contributed by atoms with van der Waals surface area (Å²) in [6, 6.07) is 10.4. The third-order valence-corrected chi connectivity index (χ3v) is 4.79. The van der Waals surface area contributed by atoms with Crippen LogP contribution in [0.4, 0.5) is 16.2 Å². The largest absolute Gasteiger partial charge is 0.456 e. The number of furan rings is 1. The zero-order chi connectivity index (χ0) is 20.4. The fourth-order valence-electron chi connectivity index (χ4n) is 3.29. The van der Waals surface area contributed by atoms with Crippen LogP contribution in [-0.4, -0.2) is 56.9 Å². The van der Waals surface area contributed by atoms with Crippen LogP contribution in [0.3, 0.4) is 0 Å². The standard InChI is InChI=1S/C20H21N3O6/c1-13-2-7-17(28-13)19(25)21-10-16-11-23(20(26)29-16)15-5-3-14(4-6-15)22-8-9-27-12-18(22)24/h2-7,16H,8-12H2,1H3,(H,21,25)/t16-/m0/s1. The van der Waals surface area contributed by atoms with Crippen LogP contribution in [0.15, 0.2) is 40.8 Å². The minimum atomic E-state index is -0.478. The van der Waals surface area contributed by atoms with E-state index in [2.05, 4.69) is 5.32 Å². The van der Waals surface area contributed by atoms with Gasteiger partial charge in [-0.15, -0.1) is 0 Å². The maximum Gasteiger partial charge on any atom is 0.414 e. The summed E-state index contributed by atoms with van der Waals surface area (Å²) in [5, 5.41) is 2.71. The van der Waals surface area contributed by atoms with E-state index in [0.29, 0.717) is 31.1 Å². The van der Waals surface area contributed by atoms with E-state index in [1.54, 1.807) is 48.2 Å². The molecule has 9 nitrogen and oxygen atoms in total. The highest BCUT2D eigenvalue weighted by molar-refractivity contribution is 5.96. The van der Waals surface area contributed by atoms with Gasteiger partial charge in [0.1, 0.15) is 18.5 Å². The second-order valence-electron chi connectivity index (χ2n) is 6.85. The van der Waals surface area contributed by atoms with Crippen LogP contribution in [0.1, 0.15) is 16.3 Å². The van der Waals surface area contributed by atoms with Gasteiger partial charge in [0, 0.05) is 17.9 Å². The Bertz CT molecular complexity index is 923. The topological polar surface area (TPSA) is 101 Å². The number of ether oxygens (including phenoxy) is 2. The van der Waals surface area contributed by atoms with Gasteiger partial charge in [-0.05, 0) is 43.3 Å². The van der Waals surface area contributed by atoms with Crippen molar-refractivity contribution in [2.75, 3.05) is 42.6 Å². The Morgan fingerprint density at radius 1 is 1.10 bits per heavy atom. The lowest BCUT2D eigenvalue weighted by Gasteiger charge is -2.27. The number of amides is 3. The number of aryl methyl sites for hydroxylation is 1. The normalized spacial score (nSPS) is 19.4. The minimum Gasteiger partial charge on any atom is -0.456 e. The van der Waals surface area contributed by atoms with Gasteiger partial charge >= 0.3 is 6.09 Å². The van der Waals surface area contributed by atoms with E-state index < -0.39 is 12.2 Å². The molecule has 1 aromatic heterocycles. The number of carbonyl (C=O) groups is 3. The van der Waals surface area contributed by atoms with E-state index >= 15 is 0 Å². The lowest BCUT2D eigenvalue weighted by Crippen LogP contribution is -2.41. The third kappa shape index (κ3) is 4.09. The summed E-state index contributed by atoms with van der Waals surface area (Å²) >= 11 is 0. The minimum absolute atomic E-state index is 0.0746. The molecular formula is C20H21N3O6. The quantitative estimate of drug-likeness (QED) is 0.821. The molecule has 1 aromatic carbocycles. The average Bonchev–Trinajstić information content (AvgIpc) is 3.32. The Balaban J connectivity index is 1.35. The maximum absolute atomic E-state index is 12.2. The fourth-order valence-corrected chi connectivity index (χ4v) is 3.29. The van der Waals surface area contributed by atoms with Gasteiger partial charge in [-0.3, -0.25) is 14.5 Å². The highest BCUT2D eigenvalue weighted by Crippen LogP contribution is 2.25. The second-order valence-corrected chi connectivity index (χ2v) is 6.85. The number of morpholine rings is 1. The summed E-state index contributed by atoms with van der Waals surface area (Å²) < 4.78 is 15.8. The highest BCUT2D eigenvalue weighted by Gasteiger charge is 2.33. The number of nitrogens with one attached hydrogen (secondary N) is 1. The van der Waals surface area contributed by atoms with Crippen molar-refractivity contribution in [2.24, 2.45) is 0 Å². The summed E-state index contributed by atoms with van der Waals surface area (Å²) in [4.78, 5) is 39.4. The summed E-state index contributed by atoms with van der Waals surface area (Å²) in [5.74, 6) is 0.423. The van der Waals surface area contributed by atoms with Gasteiger partial charge in [0.25, 0.3) is 11.8 Å². The number of carbonyl (C=O) groups excluding carboxylic acids is 3. The van der Waals surface area contributed by atoms with E-state index in [4.69, 9.17) is 13.9 Å². The molecule has 29 heavy (non-hydrogen) atoms. The number of rotatable bonds is 5. The number of hydrogen-bond acceptors (Lipinski definition) is 6. The number of cyclic esters (lactones) is 1. The lowest BCUT2D eigenvalue weighted by molar-refractivity contribution is -0.125. The molecule has 152 valence electrons. The first-order chi connectivity index (χ1) is 14.0. The Morgan fingerprint density at radius 3 is 2.48 bits per heavy atom. The third-order valence-electron chi connectivity index (χ3n) is 4.79. The SMILES string of the molecule is Cc1ccc(C(=O)NC[C@H]2CN(c3ccc(N4CCOCC4=O)cc3)C(=O)O2)o1. The van der Waals surface area contributed by atoms with E-state index in [1.807, 2.05) is 0 Å². The van der Waals surface area contributed by atoms with Crippen LogP contribution in [0.25, 0.3) is 0 Å². The van der Waals surface area contributed by atoms with Crippen molar-refractivity contribution < 1.29 is 28.3 Å². The monoisotopic (exact) mass is 399 g/mol. The van der Waals surface area contributed by atoms with E-state index in [0.717, 1.165) is 5.69 Å². The molecule has 0 saturated carbocycles. The number of hydrogen-bond donors (Lipinski definition) is 1. The molecule has 0 radical (unpaired) electrons. The average molecular weight is 399 g/mol. The Kier molecular flexibility index (Phi) is 5.22. The molecule has 2 fully saturated rings. The van der Waals surface area contributed by atoms with Crippen molar-refractivity contribution in [3.05, 3.63) is 47.9 Å². The van der Waals surface area contributed by atoms with Crippen LogP contribution < -0.4 is 15.1 Å². The van der Waals surface area contributed by atoms with Gasteiger partial charge in [-0.2, -0.15) is 0 Å². The fraction of sp³-hybridized carbons (Fsp3) is 0.350. The van der Waals surface area contributed by atoms with Crippen LogP contribution in [-0.2, 0) is 14.3 Å². The van der Waals surface area contributed by atoms with E-state index in [1.165, 1.54) is 4.90 Å². The molecule has 2 saturated heterocycles. The first-order valence-electron chi connectivity index (χ1n) is 9.32. The predicted molar refractivity (Wildman–Crippen MR) is 103 cm³/mol. The Hall–Kier alpha value is -3.33. The van der Waals surface area contributed by atoms with Crippen molar-refractivity contribution in [3.63, 3.8) is 0 Å². The van der Waals surface area contributed by atoms with Gasteiger partial charge in [0.05, 0.1) is 19.7 Å². The first kappa shape index (κ1) is 19.0. The molecule has 3 amide bonds. The molecule has 0 spiro atoms. The number of nitrogens with zero attached hydrogens (tertiary/aromatic N) is 2. The summed E-state index contributed by atoms with van der Waals surface area (Å²) in [7, 11) is 0. The van der Waals surface area contributed by atoms with Gasteiger partial charge in [-0.25, -0.2) is 4.79 Å². The van der Waals surface area contributed by atoms with Crippen molar-refractivity contribution in [2.45, 2.75) is 13.0 Å². The van der Waals surface area contributed by atoms with Crippen LogP contribution in [0.5, 0.6) is 0 Å². The Labute approximate surface area is 167 Å². The van der Waals surface area contributed by atoms with Crippen LogP contribution in [0.2, 0.25) is 0 Å². The highest BCUT2D eigenvalue weighted by atomic mass is 16.6. The van der Waals surface area contributed by atoms with Crippen molar-refractivity contribution in [1.29, 1.82) is 0 Å². The summed E-state index contributed by atoms with van der Waals surface area (Å²) in [6.45, 7) is 3.32. The zero-order valence-electron chi connectivity index (χ0n) is 15.9. The molecule has 9 heteroatoms. The van der Waals surface area contributed by atoms with Gasteiger partial charge < -0.3 is 24.1 Å². The molecule has 4 rings (SSSR count). The molecule has 1 atom stereocenters. The van der Waals surface area contributed by atoms with Crippen molar-refractivity contribution >= 4 is 29.3 Å². The number of anilines is 2. The van der Waals surface area contributed by atoms with Gasteiger partial charge in [0.15, 0.2) is 5.76 Å². The molecule has 3 heterocycles. The van der Waals surface area contributed by atoms with Crippen molar-refractivity contribution in [3.8, 4) is 0 Å². The Morgan fingerprint density at radius 2 is 1.83 bits per heavy atom. The lowest BCUT2D eigenvalue weighted by atomic mass is 10.2. The van der Waals surface area contributed by atoms with Crippen molar-refractivity contribution in [1.82, 2.24) is 5.32 Å². The molecule has 0 unspecified atom stereocenters. The van der Waals surface area contributed by atoms with E-state index in [9.17, 15) is 14.4 Å².